The third-order valence-electron chi connectivity index (χ3n) is 2.93. The zero-order chi connectivity index (χ0) is 16.5. The number of halogens is 1. The standard InChI is InChI=1S/C16H19FN2O2S/c1-16(2,3)19-22(20,21)15-7-5-4-6-12(15)11-8-9-14(18)13(17)10-11/h4-10,19H,18H2,1-3H3. The van der Waals surface area contributed by atoms with E-state index in [4.69, 9.17) is 5.73 Å². The van der Waals surface area contributed by atoms with Gasteiger partial charge in [-0.05, 0) is 44.5 Å². The molecule has 6 heteroatoms. The molecule has 0 aromatic heterocycles. The Morgan fingerprint density at radius 2 is 1.73 bits per heavy atom. The average Bonchev–Trinajstić information content (AvgIpc) is 2.39. The van der Waals surface area contributed by atoms with E-state index in [1.165, 1.54) is 18.2 Å². The van der Waals surface area contributed by atoms with Gasteiger partial charge in [-0.25, -0.2) is 17.5 Å². The molecule has 3 N–H and O–H groups in total. The summed E-state index contributed by atoms with van der Waals surface area (Å²) in [6.07, 6.45) is 0. The number of anilines is 1. The van der Waals surface area contributed by atoms with Crippen molar-refractivity contribution in [3.63, 3.8) is 0 Å². The number of rotatable bonds is 3. The second kappa shape index (κ2) is 5.70. The molecular weight excluding hydrogens is 303 g/mol. The maximum absolute atomic E-state index is 13.7. The van der Waals surface area contributed by atoms with Crippen molar-refractivity contribution >= 4 is 15.7 Å². The number of nitrogen functional groups attached to an aromatic ring is 1. The predicted molar refractivity (Wildman–Crippen MR) is 86.3 cm³/mol. The number of benzene rings is 2. The van der Waals surface area contributed by atoms with Crippen molar-refractivity contribution in [2.45, 2.75) is 31.2 Å². The van der Waals surface area contributed by atoms with E-state index >= 15 is 0 Å². The summed E-state index contributed by atoms with van der Waals surface area (Å²) in [7, 11) is -3.72. The van der Waals surface area contributed by atoms with Crippen LogP contribution in [0.3, 0.4) is 0 Å². The molecule has 0 bridgehead atoms. The Kier molecular flexibility index (Phi) is 4.26. The van der Waals surface area contributed by atoms with Crippen molar-refractivity contribution in [2.75, 3.05) is 5.73 Å². The smallest absolute Gasteiger partial charge is 0.241 e. The molecule has 22 heavy (non-hydrogen) atoms. The number of hydrogen-bond acceptors (Lipinski definition) is 3. The third-order valence-corrected chi connectivity index (χ3v) is 4.74. The van der Waals surface area contributed by atoms with Gasteiger partial charge in [0, 0.05) is 11.1 Å². The van der Waals surface area contributed by atoms with E-state index in [0.29, 0.717) is 11.1 Å². The third kappa shape index (κ3) is 3.64. The van der Waals surface area contributed by atoms with Gasteiger partial charge in [0.1, 0.15) is 5.82 Å². The first-order valence-electron chi connectivity index (χ1n) is 6.78. The van der Waals surface area contributed by atoms with Gasteiger partial charge in [-0.3, -0.25) is 0 Å². The van der Waals surface area contributed by atoms with Crippen molar-refractivity contribution in [3.05, 3.63) is 48.3 Å². The van der Waals surface area contributed by atoms with Crippen LogP contribution in [0.25, 0.3) is 11.1 Å². The minimum absolute atomic E-state index is 0.0249. The molecule has 0 aliphatic rings. The monoisotopic (exact) mass is 322 g/mol. The van der Waals surface area contributed by atoms with E-state index < -0.39 is 21.4 Å². The van der Waals surface area contributed by atoms with Gasteiger partial charge in [-0.2, -0.15) is 0 Å². The van der Waals surface area contributed by atoms with Gasteiger partial charge in [0.05, 0.1) is 10.6 Å². The molecule has 0 heterocycles. The molecule has 0 fully saturated rings. The topological polar surface area (TPSA) is 72.2 Å². The lowest BCUT2D eigenvalue weighted by Crippen LogP contribution is -2.40. The zero-order valence-corrected chi connectivity index (χ0v) is 13.5. The fourth-order valence-electron chi connectivity index (χ4n) is 2.09. The Morgan fingerprint density at radius 3 is 2.32 bits per heavy atom. The van der Waals surface area contributed by atoms with Crippen LogP contribution in [0.1, 0.15) is 20.8 Å². The summed E-state index contributed by atoms with van der Waals surface area (Å²) < 4.78 is 41.4. The molecule has 4 nitrogen and oxygen atoms in total. The van der Waals surface area contributed by atoms with Crippen LogP contribution in [0.5, 0.6) is 0 Å². The van der Waals surface area contributed by atoms with Crippen molar-refractivity contribution in [3.8, 4) is 11.1 Å². The molecule has 118 valence electrons. The number of sulfonamides is 1. The summed E-state index contributed by atoms with van der Waals surface area (Å²) in [6.45, 7) is 5.28. The molecule has 2 aromatic carbocycles. The van der Waals surface area contributed by atoms with Gasteiger partial charge in [0.15, 0.2) is 0 Å². The Morgan fingerprint density at radius 1 is 1.09 bits per heavy atom. The van der Waals surface area contributed by atoms with Crippen LogP contribution in [-0.4, -0.2) is 14.0 Å². The van der Waals surface area contributed by atoms with Crippen molar-refractivity contribution < 1.29 is 12.8 Å². The minimum Gasteiger partial charge on any atom is -0.396 e. The summed E-state index contributed by atoms with van der Waals surface area (Å²) in [4.78, 5) is 0.106. The Bertz CT molecular complexity index is 796. The van der Waals surface area contributed by atoms with E-state index in [1.807, 2.05) is 0 Å². The highest BCUT2D eigenvalue weighted by Crippen LogP contribution is 2.29. The molecule has 0 saturated heterocycles. The number of hydrogen-bond donors (Lipinski definition) is 2. The summed E-state index contributed by atoms with van der Waals surface area (Å²) >= 11 is 0. The molecule has 0 aliphatic carbocycles. The van der Waals surface area contributed by atoms with Crippen molar-refractivity contribution in [2.24, 2.45) is 0 Å². The van der Waals surface area contributed by atoms with Gasteiger partial charge < -0.3 is 5.73 Å². The molecule has 0 aliphatic heterocycles. The molecule has 2 rings (SSSR count). The second-order valence-corrected chi connectivity index (χ2v) is 7.74. The second-order valence-electron chi connectivity index (χ2n) is 6.09. The maximum atomic E-state index is 13.7. The lowest BCUT2D eigenvalue weighted by atomic mass is 10.1. The predicted octanol–water partition coefficient (Wildman–Crippen LogP) is 3.15. The van der Waals surface area contributed by atoms with Crippen LogP contribution in [0.15, 0.2) is 47.4 Å². The number of nitrogens with one attached hydrogen (secondary N) is 1. The first-order chi connectivity index (χ1) is 10.1. The van der Waals surface area contributed by atoms with Crippen LogP contribution in [0, 0.1) is 5.82 Å². The zero-order valence-electron chi connectivity index (χ0n) is 12.7. The molecule has 0 saturated carbocycles. The summed E-state index contributed by atoms with van der Waals surface area (Å²) in [5, 5.41) is 0. The minimum atomic E-state index is -3.72. The van der Waals surface area contributed by atoms with Crippen molar-refractivity contribution in [1.29, 1.82) is 0 Å². The Hall–Kier alpha value is -1.92. The average molecular weight is 322 g/mol. The lowest BCUT2D eigenvalue weighted by Gasteiger charge is -2.21. The normalized spacial score (nSPS) is 12.4. The highest BCUT2D eigenvalue weighted by Gasteiger charge is 2.24. The Balaban J connectivity index is 2.58. The molecule has 0 spiro atoms. The first kappa shape index (κ1) is 16.5. The first-order valence-corrected chi connectivity index (χ1v) is 8.27. The molecular formula is C16H19FN2O2S. The van der Waals surface area contributed by atoms with E-state index in [9.17, 15) is 12.8 Å². The van der Waals surface area contributed by atoms with E-state index in [1.54, 1.807) is 45.0 Å². The SMILES string of the molecule is CC(C)(C)NS(=O)(=O)c1ccccc1-c1ccc(N)c(F)c1. The van der Waals surface area contributed by atoms with Gasteiger partial charge in [-0.1, -0.05) is 24.3 Å². The lowest BCUT2D eigenvalue weighted by molar-refractivity contribution is 0.491. The van der Waals surface area contributed by atoms with Gasteiger partial charge in [-0.15, -0.1) is 0 Å². The van der Waals surface area contributed by atoms with E-state index in [0.717, 1.165) is 0 Å². The van der Waals surface area contributed by atoms with Gasteiger partial charge in [0.2, 0.25) is 10.0 Å². The van der Waals surface area contributed by atoms with Gasteiger partial charge >= 0.3 is 0 Å². The quantitative estimate of drug-likeness (QED) is 0.853. The summed E-state index contributed by atoms with van der Waals surface area (Å²) in [6, 6.07) is 10.7. The molecule has 2 aromatic rings. The molecule has 0 atom stereocenters. The highest BCUT2D eigenvalue weighted by molar-refractivity contribution is 7.89. The molecule has 0 amide bonds. The van der Waals surface area contributed by atoms with Crippen LogP contribution in [0.4, 0.5) is 10.1 Å². The number of nitrogens with two attached hydrogens (primary N) is 1. The Labute approximate surface area is 130 Å². The largest absolute Gasteiger partial charge is 0.396 e. The van der Waals surface area contributed by atoms with Crippen LogP contribution in [0.2, 0.25) is 0 Å². The fraction of sp³-hybridized carbons (Fsp3) is 0.250. The van der Waals surface area contributed by atoms with E-state index in [-0.39, 0.29) is 10.6 Å². The highest BCUT2D eigenvalue weighted by atomic mass is 32.2. The van der Waals surface area contributed by atoms with Crippen LogP contribution < -0.4 is 10.5 Å². The summed E-state index contributed by atoms with van der Waals surface area (Å²) in [5.41, 5.74) is 5.77. The van der Waals surface area contributed by atoms with Crippen LogP contribution >= 0.6 is 0 Å². The van der Waals surface area contributed by atoms with E-state index in [2.05, 4.69) is 4.72 Å². The van der Waals surface area contributed by atoms with Gasteiger partial charge in [0.25, 0.3) is 0 Å². The summed E-state index contributed by atoms with van der Waals surface area (Å²) in [5.74, 6) is -0.575. The molecule has 0 radical (unpaired) electrons. The fourth-order valence-corrected chi connectivity index (χ4v) is 3.74. The van der Waals surface area contributed by atoms with Crippen LogP contribution in [-0.2, 0) is 10.0 Å². The molecule has 0 unspecified atom stereocenters. The maximum Gasteiger partial charge on any atom is 0.241 e. The van der Waals surface area contributed by atoms with Crippen molar-refractivity contribution in [1.82, 2.24) is 4.72 Å².